The number of aliphatic imine (C=N–C) groups is 1. The average molecular weight is 494 g/mol. The van der Waals surface area contributed by atoms with Crippen LogP contribution in [0.3, 0.4) is 0 Å². The second-order valence-corrected chi connectivity index (χ2v) is 8.81. The largest absolute Gasteiger partial charge is 0.375 e. The summed E-state index contributed by atoms with van der Waals surface area (Å²) in [4.78, 5) is 9.53. The summed E-state index contributed by atoms with van der Waals surface area (Å²) in [5.41, 5.74) is 0.130. The van der Waals surface area contributed by atoms with Crippen LogP contribution in [0.2, 0.25) is 0 Å². The van der Waals surface area contributed by atoms with Crippen molar-refractivity contribution in [1.29, 1.82) is 0 Å². The number of hydrogen-bond donors (Lipinski definition) is 1. The Bertz CT molecular complexity index is 483. The molecular weight excluding hydrogens is 455 g/mol. The molecule has 0 radical (unpaired) electrons. The molecule has 0 aliphatic carbocycles. The van der Waals surface area contributed by atoms with E-state index >= 15 is 0 Å². The lowest BCUT2D eigenvalue weighted by Crippen LogP contribution is -2.58. The molecule has 6 nitrogen and oxygen atoms in total. The number of guanidine groups is 1. The molecule has 3 atom stereocenters. The molecular formula is C20H39IN4O2. The molecule has 0 aromatic heterocycles. The fraction of sp³-hybridized carbons (Fsp3) is 0.950. The van der Waals surface area contributed by atoms with Gasteiger partial charge in [0, 0.05) is 45.4 Å². The molecule has 3 rings (SSSR count). The average Bonchev–Trinajstić information content (AvgIpc) is 3.17. The van der Waals surface area contributed by atoms with E-state index in [0.717, 1.165) is 57.6 Å². The van der Waals surface area contributed by atoms with E-state index in [1.165, 1.54) is 25.9 Å². The first kappa shape index (κ1) is 23.2. The number of morpholine rings is 1. The Labute approximate surface area is 182 Å². The van der Waals surface area contributed by atoms with Crippen LogP contribution in [0.1, 0.15) is 46.5 Å². The monoisotopic (exact) mass is 494 g/mol. The summed E-state index contributed by atoms with van der Waals surface area (Å²) in [6, 6.07) is 0. The molecule has 0 saturated carbocycles. The Kier molecular flexibility index (Phi) is 9.09. The summed E-state index contributed by atoms with van der Waals surface area (Å²) < 4.78 is 11.8. The maximum absolute atomic E-state index is 5.98. The summed E-state index contributed by atoms with van der Waals surface area (Å²) >= 11 is 0. The van der Waals surface area contributed by atoms with Gasteiger partial charge in [-0.2, -0.15) is 0 Å². The fourth-order valence-electron chi connectivity index (χ4n) is 4.47. The van der Waals surface area contributed by atoms with Crippen LogP contribution < -0.4 is 5.32 Å². The van der Waals surface area contributed by atoms with Crippen LogP contribution >= 0.6 is 24.0 Å². The van der Waals surface area contributed by atoms with Crippen molar-refractivity contribution in [3.05, 3.63) is 0 Å². The number of nitrogens with zero attached hydrogens (tertiary/aromatic N) is 3. The maximum atomic E-state index is 5.98. The molecule has 0 amide bonds. The molecule has 3 heterocycles. The summed E-state index contributed by atoms with van der Waals surface area (Å²) in [6.07, 6.45) is 5.36. The molecule has 0 spiro atoms. The van der Waals surface area contributed by atoms with Gasteiger partial charge in [0.05, 0.1) is 12.7 Å². The minimum Gasteiger partial charge on any atom is -0.375 e. The number of halogens is 1. The SMILES string of the molecule is CN=C(NCC(C)(C)N1CCCC(C)C1)N1CCOC(C2CCCO2)C1.I. The number of nitrogens with one attached hydrogen (secondary N) is 1. The zero-order valence-corrected chi connectivity index (χ0v) is 19.9. The Morgan fingerprint density at radius 3 is 2.52 bits per heavy atom. The van der Waals surface area contributed by atoms with Crippen molar-refractivity contribution in [2.75, 3.05) is 53.0 Å². The zero-order chi connectivity index (χ0) is 18.6. The molecule has 0 aromatic rings. The predicted molar refractivity (Wildman–Crippen MR) is 121 cm³/mol. The minimum absolute atomic E-state index is 0. The highest BCUT2D eigenvalue weighted by atomic mass is 127. The van der Waals surface area contributed by atoms with Crippen LogP contribution in [0.5, 0.6) is 0 Å². The molecule has 3 aliphatic rings. The molecule has 27 heavy (non-hydrogen) atoms. The number of piperidine rings is 1. The number of likely N-dealkylation sites (tertiary alicyclic amines) is 1. The predicted octanol–water partition coefficient (Wildman–Crippen LogP) is 2.57. The van der Waals surface area contributed by atoms with E-state index in [4.69, 9.17) is 9.47 Å². The van der Waals surface area contributed by atoms with Crippen molar-refractivity contribution in [2.45, 2.75) is 64.2 Å². The first-order chi connectivity index (χ1) is 12.5. The molecule has 0 aromatic carbocycles. The van der Waals surface area contributed by atoms with Crippen LogP contribution in [-0.2, 0) is 9.47 Å². The van der Waals surface area contributed by atoms with Crippen molar-refractivity contribution in [3.8, 4) is 0 Å². The normalized spacial score (nSPS) is 30.9. The van der Waals surface area contributed by atoms with Crippen LogP contribution in [-0.4, -0.2) is 86.5 Å². The number of hydrogen-bond acceptors (Lipinski definition) is 4. The van der Waals surface area contributed by atoms with Gasteiger partial charge >= 0.3 is 0 Å². The number of ether oxygens (including phenoxy) is 2. The topological polar surface area (TPSA) is 49.3 Å². The Hall–Kier alpha value is -0.120. The summed E-state index contributed by atoms with van der Waals surface area (Å²) in [6.45, 7) is 13.8. The zero-order valence-electron chi connectivity index (χ0n) is 17.6. The van der Waals surface area contributed by atoms with Gasteiger partial charge in [0.25, 0.3) is 0 Å². The summed E-state index contributed by atoms with van der Waals surface area (Å²) in [5.74, 6) is 1.79. The van der Waals surface area contributed by atoms with E-state index in [0.29, 0.717) is 0 Å². The van der Waals surface area contributed by atoms with Crippen molar-refractivity contribution in [3.63, 3.8) is 0 Å². The second-order valence-electron chi connectivity index (χ2n) is 8.81. The lowest BCUT2D eigenvalue weighted by Gasteiger charge is -2.44. The van der Waals surface area contributed by atoms with Crippen molar-refractivity contribution in [1.82, 2.24) is 15.1 Å². The third-order valence-corrected chi connectivity index (χ3v) is 6.18. The van der Waals surface area contributed by atoms with E-state index in [1.807, 2.05) is 7.05 Å². The molecule has 3 unspecified atom stereocenters. The highest BCUT2D eigenvalue weighted by Crippen LogP contribution is 2.24. The smallest absolute Gasteiger partial charge is 0.193 e. The van der Waals surface area contributed by atoms with E-state index in [1.54, 1.807) is 0 Å². The van der Waals surface area contributed by atoms with Crippen molar-refractivity contribution < 1.29 is 9.47 Å². The minimum atomic E-state index is 0. The van der Waals surface area contributed by atoms with Crippen LogP contribution in [0.25, 0.3) is 0 Å². The molecule has 1 N–H and O–H groups in total. The van der Waals surface area contributed by atoms with Gasteiger partial charge in [-0.05, 0) is 52.0 Å². The van der Waals surface area contributed by atoms with Crippen LogP contribution in [0.15, 0.2) is 4.99 Å². The highest BCUT2D eigenvalue weighted by Gasteiger charge is 2.34. The van der Waals surface area contributed by atoms with E-state index in [-0.39, 0.29) is 41.7 Å². The third kappa shape index (κ3) is 6.18. The Morgan fingerprint density at radius 1 is 1.07 bits per heavy atom. The van der Waals surface area contributed by atoms with Gasteiger partial charge in [-0.1, -0.05) is 6.92 Å². The van der Waals surface area contributed by atoms with Crippen molar-refractivity contribution in [2.24, 2.45) is 10.9 Å². The lowest BCUT2D eigenvalue weighted by atomic mass is 9.93. The van der Waals surface area contributed by atoms with Gasteiger partial charge in [0.1, 0.15) is 6.10 Å². The molecule has 7 heteroatoms. The lowest BCUT2D eigenvalue weighted by molar-refractivity contribution is -0.0817. The van der Waals surface area contributed by atoms with Gasteiger partial charge < -0.3 is 19.7 Å². The van der Waals surface area contributed by atoms with Gasteiger partial charge in [0.2, 0.25) is 0 Å². The third-order valence-electron chi connectivity index (χ3n) is 6.18. The van der Waals surface area contributed by atoms with Crippen molar-refractivity contribution >= 4 is 29.9 Å². The molecule has 3 saturated heterocycles. The van der Waals surface area contributed by atoms with Gasteiger partial charge in [-0.15, -0.1) is 24.0 Å². The highest BCUT2D eigenvalue weighted by molar-refractivity contribution is 14.0. The molecule has 158 valence electrons. The summed E-state index contributed by atoms with van der Waals surface area (Å²) in [5, 5.41) is 3.64. The van der Waals surface area contributed by atoms with Crippen LogP contribution in [0, 0.1) is 5.92 Å². The van der Waals surface area contributed by atoms with Gasteiger partial charge in [0.15, 0.2) is 5.96 Å². The first-order valence-electron chi connectivity index (χ1n) is 10.4. The Morgan fingerprint density at radius 2 is 1.85 bits per heavy atom. The van der Waals surface area contributed by atoms with Gasteiger partial charge in [-0.3, -0.25) is 9.89 Å². The second kappa shape index (κ2) is 10.6. The van der Waals surface area contributed by atoms with E-state index in [2.05, 4.69) is 40.9 Å². The number of rotatable bonds is 4. The standard InChI is InChI=1S/C20H38N4O2.HI/c1-16-7-5-9-24(13-16)20(2,3)15-22-19(21-4)23-10-12-26-18(14-23)17-8-6-11-25-17;/h16-18H,5-15H2,1-4H3,(H,21,22);1H. The quantitative estimate of drug-likeness (QED) is 0.370. The first-order valence-corrected chi connectivity index (χ1v) is 10.4. The molecule has 0 bridgehead atoms. The van der Waals surface area contributed by atoms with Gasteiger partial charge in [-0.25, -0.2) is 0 Å². The molecule has 3 fully saturated rings. The fourth-order valence-corrected chi connectivity index (χ4v) is 4.47. The summed E-state index contributed by atoms with van der Waals surface area (Å²) in [7, 11) is 1.88. The molecule has 3 aliphatic heterocycles. The Balaban J connectivity index is 0.00000261. The van der Waals surface area contributed by atoms with E-state index in [9.17, 15) is 0 Å². The van der Waals surface area contributed by atoms with Crippen LogP contribution in [0.4, 0.5) is 0 Å². The maximum Gasteiger partial charge on any atom is 0.193 e. The van der Waals surface area contributed by atoms with E-state index < -0.39 is 0 Å².